The fourth-order valence-electron chi connectivity index (χ4n) is 3.02. The van der Waals surface area contributed by atoms with Gasteiger partial charge >= 0.3 is 12.0 Å². The minimum absolute atomic E-state index is 0.133. The van der Waals surface area contributed by atoms with Gasteiger partial charge in [-0.3, -0.25) is 0 Å². The second-order valence-corrected chi connectivity index (χ2v) is 6.14. The van der Waals surface area contributed by atoms with Gasteiger partial charge in [-0.15, -0.1) is 0 Å². The predicted octanol–water partition coefficient (Wildman–Crippen LogP) is 2.41. The molecule has 1 aromatic carbocycles. The summed E-state index contributed by atoms with van der Waals surface area (Å²) in [5.74, 6) is 0.567. The average molecular weight is 357 g/mol. The van der Waals surface area contributed by atoms with Crippen LogP contribution in [-0.2, 0) is 11.3 Å². The monoisotopic (exact) mass is 357 g/mol. The first kappa shape index (κ1) is 17.8. The van der Waals surface area contributed by atoms with Gasteiger partial charge in [0, 0.05) is 31.9 Å². The van der Waals surface area contributed by atoms with Crippen molar-refractivity contribution >= 4 is 17.7 Å². The van der Waals surface area contributed by atoms with E-state index in [-0.39, 0.29) is 12.6 Å². The summed E-state index contributed by atoms with van der Waals surface area (Å²) < 4.78 is 10.2. The molecule has 0 aliphatic carbocycles. The zero-order valence-electron chi connectivity index (χ0n) is 15.0. The molecule has 1 N–H and O–H groups in total. The number of rotatable bonds is 4. The Morgan fingerprint density at radius 3 is 2.50 bits per heavy atom. The summed E-state index contributed by atoms with van der Waals surface area (Å²) in [7, 11) is 1.32. The van der Waals surface area contributed by atoms with Crippen LogP contribution in [-0.4, -0.2) is 50.2 Å². The van der Waals surface area contributed by atoms with Crippen molar-refractivity contribution in [2.75, 3.05) is 38.2 Å². The van der Waals surface area contributed by atoms with Crippen LogP contribution in [0.5, 0.6) is 0 Å². The van der Waals surface area contributed by atoms with E-state index in [0.29, 0.717) is 30.2 Å². The molecule has 2 heterocycles. The van der Waals surface area contributed by atoms with Crippen molar-refractivity contribution < 1.29 is 18.7 Å². The van der Waals surface area contributed by atoms with Crippen molar-refractivity contribution in [1.82, 2.24) is 10.2 Å². The van der Waals surface area contributed by atoms with E-state index in [0.717, 1.165) is 13.1 Å². The number of furan rings is 1. The van der Waals surface area contributed by atoms with E-state index in [1.807, 2.05) is 18.2 Å². The summed E-state index contributed by atoms with van der Waals surface area (Å²) in [5.41, 5.74) is 1.56. The number of hydrogen-bond acceptors (Lipinski definition) is 5. The van der Waals surface area contributed by atoms with E-state index in [2.05, 4.69) is 22.3 Å². The van der Waals surface area contributed by atoms with Gasteiger partial charge in [0.25, 0.3) is 0 Å². The molecule has 3 rings (SSSR count). The zero-order chi connectivity index (χ0) is 18.5. The number of para-hydroxylation sites is 1. The van der Waals surface area contributed by atoms with E-state index >= 15 is 0 Å². The minimum Gasteiger partial charge on any atom is -0.465 e. The largest absolute Gasteiger partial charge is 0.465 e. The van der Waals surface area contributed by atoms with E-state index in [4.69, 9.17) is 9.15 Å². The number of amides is 2. The molecule has 7 heteroatoms. The third kappa shape index (κ3) is 3.99. The number of piperazine rings is 1. The maximum atomic E-state index is 12.4. The van der Waals surface area contributed by atoms with Crippen molar-refractivity contribution in [3.63, 3.8) is 0 Å². The smallest absolute Gasteiger partial charge is 0.341 e. The van der Waals surface area contributed by atoms with Crippen LogP contribution >= 0.6 is 0 Å². The Kier molecular flexibility index (Phi) is 5.46. The van der Waals surface area contributed by atoms with Gasteiger partial charge in [0.05, 0.1) is 13.7 Å². The molecule has 2 aromatic rings. The molecule has 26 heavy (non-hydrogen) atoms. The molecule has 0 atom stereocenters. The average Bonchev–Trinajstić information content (AvgIpc) is 3.07. The number of nitrogens with zero attached hydrogens (tertiary/aromatic N) is 2. The summed E-state index contributed by atoms with van der Waals surface area (Å²) in [6.45, 7) is 4.83. The highest BCUT2D eigenvalue weighted by Gasteiger charge is 2.22. The third-order valence-electron chi connectivity index (χ3n) is 4.48. The molecule has 1 aliphatic heterocycles. The van der Waals surface area contributed by atoms with Crippen molar-refractivity contribution in [2.45, 2.75) is 13.5 Å². The number of aryl methyl sites for hydroxylation is 1. The Labute approximate surface area is 152 Å². The van der Waals surface area contributed by atoms with Gasteiger partial charge in [-0.2, -0.15) is 0 Å². The summed E-state index contributed by atoms with van der Waals surface area (Å²) in [6, 6.07) is 11.7. The van der Waals surface area contributed by atoms with Gasteiger partial charge in [-0.1, -0.05) is 18.2 Å². The number of anilines is 1. The molecule has 2 amide bonds. The van der Waals surface area contributed by atoms with Crippen LogP contribution in [0, 0.1) is 6.92 Å². The number of ether oxygens (including phenoxy) is 1. The standard InChI is InChI=1S/C19H23N3O4/c1-14-17(18(23)25-2)12-16(26-14)13-20-19(24)22-10-8-21(9-11-22)15-6-4-3-5-7-15/h3-7,12H,8-11,13H2,1-2H3,(H,20,24). The highest BCUT2D eigenvalue weighted by molar-refractivity contribution is 5.90. The van der Waals surface area contributed by atoms with Crippen LogP contribution in [0.3, 0.4) is 0 Å². The summed E-state index contributed by atoms with van der Waals surface area (Å²) in [4.78, 5) is 28.0. The first-order chi connectivity index (χ1) is 12.6. The Morgan fingerprint density at radius 2 is 1.85 bits per heavy atom. The maximum absolute atomic E-state index is 12.4. The van der Waals surface area contributed by atoms with Crippen molar-refractivity contribution in [2.24, 2.45) is 0 Å². The fraction of sp³-hybridized carbons (Fsp3) is 0.368. The number of carbonyl (C=O) groups is 2. The molecule has 0 radical (unpaired) electrons. The Hall–Kier alpha value is -2.96. The Balaban J connectivity index is 1.50. The van der Waals surface area contributed by atoms with E-state index in [1.165, 1.54) is 12.8 Å². The molecule has 0 bridgehead atoms. The van der Waals surface area contributed by atoms with Gasteiger partial charge in [0.15, 0.2) is 0 Å². The lowest BCUT2D eigenvalue weighted by molar-refractivity contribution is 0.0598. The number of nitrogens with one attached hydrogen (secondary N) is 1. The molecule has 0 spiro atoms. The molecule has 0 saturated carbocycles. The lowest BCUT2D eigenvalue weighted by Crippen LogP contribution is -2.51. The number of urea groups is 1. The number of carbonyl (C=O) groups excluding carboxylic acids is 2. The highest BCUT2D eigenvalue weighted by Crippen LogP contribution is 2.17. The number of esters is 1. The number of methoxy groups -OCH3 is 1. The van der Waals surface area contributed by atoms with E-state index in [9.17, 15) is 9.59 Å². The summed E-state index contributed by atoms with van der Waals surface area (Å²) in [5, 5.41) is 2.84. The Bertz CT molecular complexity index is 764. The number of hydrogen-bond donors (Lipinski definition) is 1. The first-order valence-electron chi connectivity index (χ1n) is 8.59. The molecular formula is C19H23N3O4. The normalized spacial score (nSPS) is 14.2. The molecule has 1 saturated heterocycles. The van der Waals surface area contributed by atoms with Crippen LogP contribution in [0.15, 0.2) is 40.8 Å². The summed E-state index contributed by atoms with van der Waals surface area (Å²) in [6.07, 6.45) is 0. The van der Waals surface area contributed by atoms with Crippen LogP contribution in [0.2, 0.25) is 0 Å². The molecule has 138 valence electrons. The second-order valence-electron chi connectivity index (χ2n) is 6.14. The van der Waals surface area contributed by atoms with Crippen molar-refractivity contribution in [3.8, 4) is 0 Å². The number of benzene rings is 1. The zero-order valence-corrected chi connectivity index (χ0v) is 15.0. The molecule has 1 aliphatic rings. The van der Waals surface area contributed by atoms with Crippen LogP contribution in [0.25, 0.3) is 0 Å². The molecule has 0 unspecified atom stereocenters. The van der Waals surface area contributed by atoms with Gasteiger partial charge in [0.1, 0.15) is 17.1 Å². The molecule has 7 nitrogen and oxygen atoms in total. The Morgan fingerprint density at radius 1 is 1.15 bits per heavy atom. The van der Waals surface area contributed by atoms with E-state index < -0.39 is 5.97 Å². The van der Waals surface area contributed by atoms with Crippen LogP contribution in [0.1, 0.15) is 21.9 Å². The maximum Gasteiger partial charge on any atom is 0.341 e. The van der Waals surface area contributed by atoms with Crippen LogP contribution in [0.4, 0.5) is 10.5 Å². The van der Waals surface area contributed by atoms with Gasteiger partial charge in [-0.05, 0) is 25.1 Å². The lowest BCUT2D eigenvalue weighted by atomic mass is 10.2. The minimum atomic E-state index is -0.444. The molecular weight excluding hydrogens is 334 g/mol. The third-order valence-corrected chi connectivity index (χ3v) is 4.48. The summed E-state index contributed by atoms with van der Waals surface area (Å²) >= 11 is 0. The highest BCUT2D eigenvalue weighted by atomic mass is 16.5. The SMILES string of the molecule is COC(=O)c1cc(CNC(=O)N2CCN(c3ccccc3)CC2)oc1C. The first-order valence-corrected chi connectivity index (χ1v) is 8.59. The second kappa shape index (κ2) is 7.95. The molecule has 1 fully saturated rings. The predicted molar refractivity (Wildman–Crippen MR) is 97.2 cm³/mol. The van der Waals surface area contributed by atoms with Gasteiger partial charge in [-0.25, -0.2) is 9.59 Å². The van der Waals surface area contributed by atoms with E-state index in [1.54, 1.807) is 17.9 Å². The topological polar surface area (TPSA) is 75.0 Å². The van der Waals surface area contributed by atoms with Gasteiger partial charge < -0.3 is 24.3 Å². The quantitative estimate of drug-likeness (QED) is 0.851. The lowest BCUT2D eigenvalue weighted by Gasteiger charge is -2.36. The van der Waals surface area contributed by atoms with Crippen molar-refractivity contribution in [1.29, 1.82) is 0 Å². The van der Waals surface area contributed by atoms with Crippen LogP contribution < -0.4 is 10.2 Å². The van der Waals surface area contributed by atoms with Crippen molar-refractivity contribution in [3.05, 3.63) is 53.5 Å². The van der Waals surface area contributed by atoms with Gasteiger partial charge in [0.2, 0.25) is 0 Å². The fourth-order valence-corrected chi connectivity index (χ4v) is 3.02. The molecule has 1 aromatic heterocycles.